The number of pyridine rings is 1. The van der Waals surface area contributed by atoms with Gasteiger partial charge in [-0.05, 0) is 48.2 Å². The van der Waals surface area contributed by atoms with Gasteiger partial charge in [0.15, 0.2) is 5.82 Å². The molecule has 4 rings (SSSR count). The third-order valence-corrected chi connectivity index (χ3v) is 5.43. The summed E-state index contributed by atoms with van der Waals surface area (Å²) < 4.78 is 14.7. The number of hydrogen-bond donors (Lipinski definition) is 1. The van der Waals surface area contributed by atoms with Crippen molar-refractivity contribution in [1.29, 1.82) is 0 Å². The molecule has 3 heterocycles. The molecule has 1 N–H and O–H groups in total. The summed E-state index contributed by atoms with van der Waals surface area (Å²) in [4.78, 5) is 31.4. The van der Waals surface area contributed by atoms with Gasteiger partial charge >= 0.3 is 0 Å². The van der Waals surface area contributed by atoms with Crippen LogP contribution in [0.1, 0.15) is 24.0 Å². The van der Waals surface area contributed by atoms with E-state index < -0.39 is 0 Å². The Morgan fingerprint density at radius 2 is 1.94 bits per heavy atom. The summed E-state index contributed by atoms with van der Waals surface area (Å²) in [7, 11) is 0. The van der Waals surface area contributed by atoms with Crippen molar-refractivity contribution < 1.29 is 14.0 Å². The van der Waals surface area contributed by atoms with Crippen LogP contribution in [0.3, 0.4) is 0 Å². The van der Waals surface area contributed by atoms with Crippen LogP contribution in [0.15, 0.2) is 61.1 Å². The van der Waals surface area contributed by atoms with Gasteiger partial charge in [-0.25, -0.2) is 14.1 Å². The second-order valence-electron chi connectivity index (χ2n) is 7.68. The first-order valence-corrected chi connectivity index (χ1v) is 10.3. The second kappa shape index (κ2) is 9.51. The fourth-order valence-electron chi connectivity index (χ4n) is 3.70. The lowest BCUT2D eigenvalue weighted by Crippen LogP contribution is -2.45. The summed E-state index contributed by atoms with van der Waals surface area (Å²) >= 11 is 0. The van der Waals surface area contributed by atoms with Gasteiger partial charge in [-0.1, -0.05) is 18.2 Å². The van der Waals surface area contributed by atoms with Gasteiger partial charge in [0.05, 0.1) is 12.3 Å². The minimum atomic E-state index is -0.322. The number of benzene rings is 1. The number of likely N-dealkylation sites (tertiary alicyclic amines) is 1. The van der Waals surface area contributed by atoms with Gasteiger partial charge in [0, 0.05) is 38.2 Å². The maximum Gasteiger partial charge on any atom is 0.227 e. The zero-order valence-electron chi connectivity index (χ0n) is 17.1. The summed E-state index contributed by atoms with van der Waals surface area (Å²) in [5, 5.41) is 7.10. The number of nitrogens with zero attached hydrogens (tertiary/aromatic N) is 4. The van der Waals surface area contributed by atoms with Crippen LogP contribution in [0, 0.1) is 11.7 Å². The smallest absolute Gasteiger partial charge is 0.227 e. The number of hydrogen-bond acceptors (Lipinski definition) is 4. The van der Waals surface area contributed by atoms with E-state index in [1.165, 1.54) is 12.1 Å². The second-order valence-corrected chi connectivity index (χ2v) is 7.68. The normalized spacial score (nSPS) is 16.2. The zero-order valence-corrected chi connectivity index (χ0v) is 17.1. The van der Waals surface area contributed by atoms with Crippen molar-refractivity contribution in [3.8, 4) is 5.82 Å². The minimum Gasteiger partial charge on any atom is -0.352 e. The molecule has 2 aromatic heterocycles. The van der Waals surface area contributed by atoms with Crippen molar-refractivity contribution in [3.05, 3.63) is 78.0 Å². The Morgan fingerprint density at radius 1 is 1.13 bits per heavy atom. The molecule has 1 fully saturated rings. The molecule has 8 heteroatoms. The number of amides is 2. The molecule has 0 radical (unpaired) electrons. The van der Waals surface area contributed by atoms with E-state index in [4.69, 9.17) is 0 Å². The maximum atomic E-state index is 13.1. The largest absolute Gasteiger partial charge is 0.352 e. The van der Waals surface area contributed by atoms with Crippen LogP contribution in [-0.4, -0.2) is 44.6 Å². The van der Waals surface area contributed by atoms with Crippen molar-refractivity contribution in [3.63, 3.8) is 0 Å². The van der Waals surface area contributed by atoms with Crippen molar-refractivity contribution in [2.75, 3.05) is 13.1 Å². The van der Waals surface area contributed by atoms with Crippen LogP contribution in [0.4, 0.5) is 4.39 Å². The van der Waals surface area contributed by atoms with E-state index >= 15 is 0 Å². The van der Waals surface area contributed by atoms with E-state index in [9.17, 15) is 14.0 Å². The van der Waals surface area contributed by atoms with Crippen LogP contribution in [0.5, 0.6) is 0 Å². The Bertz CT molecular complexity index is 1020. The highest BCUT2D eigenvalue weighted by Gasteiger charge is 2.28. The molecule has 7 nitrogen and oxygen atoms in total. The standard InChI is InChI=1S/C23H24FN5O2/c24-20-7-4-17(5-8-20)13-22(30)28-11-1-3-19(16-28)23(31)26-15-18-6-9-21(25-14-18)29-12-2-10-27-29/h2,4-10,12,14,19H,1,3,11,13,15-16H2,(H,26,31)/t19-/m0/s1. The van der Waals surface area contributed by atoms with Crippen molar-refractivity contribution >= 4 is 11.8 Å². The van der Waals surface area contributed by atoms with Crippen molar-refractivity contribution in [2.45, 2.75) is 25.8 Å². The molecule has 3 aromatic rings. The molecule has 0 unspecified atom stereocenters. The molecular weight excluding hydrogens is 397 g/mol. The fourth-order valence-corrected chi connectivity index (χ4v) is 3.70. The number of aromatic nitrogens is 3. The van der Waals surface area contributed by atoms with Gasteiger partial charge in [-0.3, -0.25) is 9.59 Å². The average Bonchev–Trinajstić information content (AvgIpc) is 3.34. The highest BCUT2D eigenvalue weighted by molar-refractivity contribution is 5.82. The van der Waals surface area contributed by atoms with Gasteiger partial charge in [0.2, 0.25) is 11.8 Å². The predicted molar refractivity (Wildman–Crippen MR) is 113 cm³/mol. The molecule has 1 saturated heterocycles. The minimum absolute atomic E-state index is 0.0393. The maximum absolute atomic E-state index is 13.1. The van der Waals surface area contributed by atoms with Crippen LogP contribution in [-0.2, 0) is 22.6 Å². The van der Waals surface area contributed by atoms with Gasteiger partial charge in [-0.15, -0.1) is 0 Å². The highest BCUT2D eigenvalue weighted by Crippen LogP contribution is 2.18. The first-order chi connectivity index (χ1) is 15.1. The number of carbonyl (C=O) groups is 2. The Balaban J connectivity index is 1.28. The average molecular weight is 421 g/mol. The number of carbonyl (C=O) groups excluding carboxylic acids is 2. The molecule has 0 saturated carbocycles. The molecule has 1 atom stereocenters. The fraction of sp³-hybridized carbons (Fsp3) is 0.304. The van der Waals surface area contributed by atoms with Crippen molar-refractivity contribution in [2.24, 2.45) is 5.92 Å². The molecule has 0 spiro atoms. The number of piperidine rings is 1. The Hall–Kier alpha value is -3.55. The van der Waals surface area contributed by atoms with Gasteiger partial charge in [0.1, 0.15) is 5.82 Å². The van der Waals surface area contributed by atoms with Crippen LogP contribution >= 0.6 is 0 Å². The highest BCUT2D eigenvalue weighted by atomic mass is 19.1. The molecule has 1 aliphatic heterocycles. The van der Waals surface area contributed by atoms with Crippen LogP contribution in [0.2, 0.25) is 0 Å². The van der Waals surface area contributed by atoms with E-state index in [-0.39, 0.29) is 30.0 Å². The van der Waals surface area contributed by atoms with E-state index in [2.05, 4.69) is 15.4 Å². The summed E-state index contributed by atoms with van der Waals surface area (Å²) in [6, 6.07) is 11.5. The first-order valence-electron chi connectivity index (χ1n) is 10.3. The summed E-state index contributed by atoms with van der Waals surface area (Å²) in [5.74, 6) is 0.0555. The molecule has 2 amide bonds. The molecule has 0 bridgehead atoms. The number of halogens is 1. The Morgan fingerprint density at radius 3 is 2.65 bits per heavy atom. The van der Waals surface area contributed by atoms with E-state index in [1.807, 2.05) is 24.4 Å². The summed E-state index contributed by atoms with van der Waals surface area (Å²) in [5.41, 5.74) is 1.66. The summed E-state index contributed by atoms with van der Waals surface area (Å²) in [6.45, 7) is 1.43. The monoisotopic (exact) mass is 421 g/mol. The predicted octanol–water partition coefficient (Wildman–Crippen LogP) is 2.50. The Kier molecular flexibility index (Phi) is 6.35. The topological polar surface area (TPSA) is 80.1 Å². The number of nitrogens with one attached hydrogen (secondary N) is 1. The van der Waals surface area contributed by atoms with Gasteiger partial charge in [0.25, 0.3) is 0 Å². The molecular formula is C23H24FN5O2. The number of rotatable bonds is 6. The lowest BCUT2D eigenvalue weighted by Gasteiger charge is -2.32. The third kappa shape index (κ3) is 5.33. The van der Waals surface area contributed by atoms with E-state index in [0.717, 1.165) is 24.0 Å². The SMILES string of the molecule is O=C(NCc1ccc(-n2cccn2)nc1)[C@H]1CCCN(C(=O)Cc2ccc(F)cc2)C1. The van der Waals surface area contributed by atoms with Crippen LogP contribution in [0.25, 0.3) is 5.82 Å². The van der Waals surface area contributed by atoms with Crippen LogP contribution < -0.4 is 5.32 Å². The van der Waals surface area contributed by atoms with Gasteiger partial charge in [-0.2, -0.15) is 5.10 Å². The first kappa shape index (κ1) is 20.7. The van der Waals surface area contributed by atoms with Crippen molar-refractivity contribution in [1.82, 2.24) is 25.0 Å². The third-order valence-electron chi connectivity index (χ3n) is 5.43. The lowest BCUT2D eigenvalue weighted by molar-refractivity contribution is -0.135. The summed E-state index contributed by atoms with van der Waals surface area (Å²) in [6.07, 6.45) is 6.97. The lowest BCUT2D eigenvalue weighted by atomic mass is 9.96. The van der Waals surface area contributed by atoms with Gasteiger partial charge < -0.3 is 10.2 Å². The molecule has 1 aromatic carbocycles. The quantitative estimate of drug-likeness (QED) is 0.663. The van der Waals surface area contributed by atoms with E-state index in [1.54, 1.807) is 34.1 Å². The molecule has 31 heavy (non-hydrogen) atoms. The van der Waals surface area contributed by atoms with E-state index in [0.29, 0.717) is 25.5 Å². The molecule has 0 aliphatic carbocycles. The zero-order chi connectivity index (χ0) is 21.6. The Labute approximate surface area is 179 Å². The molecule has 1 aliphatic rings. The molecule has 160 valence electrons.